The Morgan fingerprint density at radius 3 is 2.84 bits per heavy atom. The van der Waals surface area contributed by atoms with Gasteiger partial charge in [-0.3, -0.25) is 0 Å². The Kier molecular flexibility index (Phi) is 3.16. The molecule has 2 heteroatoms. The van der Waals surface area contributed by atoms with Crippen LogP contribution >= 0.6 is 0 Å². The summed E-state index contributed by atoms with van der Waals surface area (Å²) in [5.41, 5.74) is 3.93. The normalized spacial score (nSPS) is 18.2. The molecule has 98 valence electrons. The minimum Gasteiger partial charge on any atom is -0.508 e. The van der Waals surface area contributed by atoms with Gasteiger partial charge in [0.05, 0.1) is 0 Å². The van der Waals surface area contributed by atoms with E-state index in [0.717, 1.165) is 25.1 Å². The lowest BCUT2D eigenvalue weighted by molar-refractivity contribution is 0.474. The molecule has 3 rings (SSSR count). The van der Waals surface area contributed by atoms with Crippen LogP contribution in [0, 0.1) is 5.92 Å². The number of rotatable bonds is 2. The molecule has 0 fully saturated rings. The molecule has 0 saturated carbocycles. The standard InChI is InChI=1S/C17H19NO/c1-13-9-15-6-2-3-8-17(15)18(11-13)12-14-5-4-7-16(19)10-14/h2-8,10,13,19H,9,11-12H2,1H3. The monoisotopic (exact) mass is 253 g/mol. The van der Waals surface area contributed by atoms with Crippen molar-refractivity contribution in [3.63, 3.8) is 0 Å². The van der Waals surface area contributed by atoms with Gasteiger partial charge in [-0.05, 0) is 41.7 Å². The van der Waals surface area contributed by atoms with Gasteiger partial charge in [0.2, 0.25) is 0 Å². The van der Waals surface area contributed by atoms with Crippen molar-refractivity contribution in [1.82, 2.24) is 0 Å². The molecule has 2 nitrogen and oxygen atoms in total. The summed E-state index contributed by atoms with van der Waals surface area (Å²) in [7, 11) is 0. The summed E-state index contributed by atoms with van der Waals surface area (Å²) < 4.78 is 0. The molecule has 1 unspecified atom stereocenters. The molecule has 2 aromatic rings. The summed E-state index contributed by atoms with van der Waals surface area (Å²) in [4.78, 5) is 2.41. The Balaban J connectivity index is 1.89. The van der Waals surface area contributed by atoms with Crippen LogP contribution in [0.4, 0.5) is 5.69 Å². The molecule has 2 aromatic carbocycles. The predicted molar refractivity (Wildman–Crippen MR) is 78.5 cm³/mol. The van der Waals surface area contributed by atoms with Crippen molar-refractivity contribution in [2.24, 2.45) is 5.92 Å². The second-order valence-corrected chi connectivity index (χ2v) is 5.49. The van der Waals surface area contributed by atoms with Gasteiger partial charge in [-0.1, -0.05) is 37.3 Å². The lowest BCUT2D eigenvalue weighted by Gasteiger charge is -2.35. The second kappa shape index (κ2) is 4.96. The van der Waals surface area contributed by atoms with Crippen LogP contribution in [0.5, 0.6) is 5.75 Å². The van der Waals surface area contributed by atoms with E-state index in [1.54, 1.807) is 6.07 Å². The highest BCUT2D eigenvalue weighted by Gasteiger charge is 2.21. The van der Waals surface area contributed by atoms with Crippen LogP contribution in [0.1, 0.15) is 18.1 Å². The number of benzene rings is 2. The average molecular weight is 253 g/mol. The Morgan fingerprint density at radius 2 is 2.00 bits per heavy atom. The highest BCUT2D eigenvalue weighted by atomic mass is 16.3. The Labute approximate surface area is 114 Å². The third kappa shape index (κ3) is 2.58. The molecular formula is C17H19NO. The second-order valence-electron chi connectivity index (χ2n) is 5.49. The number of para-hydroxylation sites is 1. The molecule has 0 bridgehead atoms. The molecule has 1 aliphatic heterocycles. The van der Waals surface area contributed by atoms with Gasteiger partial charge in [0.15, 0.2) is 0 Å². The molecule has 1 aliphatic rings. The Bertz CT molecular complexity index is 579. The van der Waals surface area contributed by atoms with Gasteiger partial charge >= 0.3 is 0 Å². The first-order chi connectivity index (χ1) is 9.22. The molecule has 0 amide bonds. The zero-order valence-corrected chi connectivity index (χ0v) is 11.2. The number of phenolic OH excluding ortho intramolecular Hbond substituents is 1. The Hall–Kier alpha value is -1.96. The van der Waals surface area contributed by atoms with Crippen LogP contribution in [-0.4, -0.2) is 11.7 Å². The van der Waals surface area contributed by atoms with Crippen LogP contribution in [0.25, 0.3) is 0 Å². The topological polar surface area (TPSA) is 23.5 Å². The average Bonchev–Trinajstić information content (AvgIpc) is 2.38. The molecule has 1 N–H and O–H groups in total. The summed E-state index contributed by atoms with van der Waals surface area (Å²) >= 11 is 0. The summed E-state index contributed by atoms with van der Waals surface area (Å²) in [6.07, 6.45) is 1.16. The summed E-state index contributed by atoms with van der Waals surface area (Å²) in [6, 6.07) is 16.2. The summed E-state index contributed by atoms with van der Waals surface area (Å²) in [5, 5.41) is 9.57. The van der Waals surface area contributed by atoms with Gasteiger partial charge in [0, 0.05) is 18.8 Å². The minimum atomic E-state index is 0.343. The van der Waals surface area contributed by atoms with E-state index in [0.29, 0.717) is 11.7 Å². The molecule has 1 atom stereocenters. The van der Waals surface area contributed by atoms with Crippen molar-refractivity contribution in [2.45, 2.75) is 19.9 Å². The van der Waals surface area contributed by atoms with Crippen LogP contribution in [0.2, 0.25) is 0 Å². The van der Waals surface area contributed by atoms with Gasteiger partial charge in [-0.2, -0.15) is 0 Å². The van der Waals surface area contributed by atoms with Gasteiger partial charge in [0.25, 0.3) is 0 Å². The van der Waals surface area contributed by atoms with Gasteiger partial charge in [0.1, 0.15) is 5.75 Å². The van der Waals surface area contributed by atoms with E-state index in [2.05, 4.69) is 42.2 Å². The first-order valence-electron chi connectivity index (χ1n) is 6.83. The van der Waals surface area contributed by atoms with E-state index >= 15 is 0 Å². The fraction of sp³-hybridized carbons (Fsp3) is 0.294. The van der Waals surface area contributed by atoms with Crippen molar-refractivity contribution in [2.75, 3.05) is 11.4 Å². The van der Waals surface area contributed by atoms with Gasteiger partial charge in [-0.15, -0.1) is 0 Å². The smallest absolute Gasteiger partial charge is 0.115 e. The van der Waals surface area contributed by atoms with Crippen LogP contribution in [0.3, 0.4) is 0 Å². The van der Waals surface area contributed by atoms with Crippen molar-refractivity contribution in [3.05, 3.63) is 59.7 Å². The lowest BCUT2D eigenvalue weighted by atomic mass is 9.93. The number of fused-ring (bicyclic) bond motifs is 1. The minimum absolute atomic E-state index is 0.343. The Morgan fingerprint density at radius 1 is 1.16 bits per heavy atom. The zero-order chi connectivity index (χ0) is 13.2. The number of anilines is 1. The van der Waals surface area contributed by atoms with E-state index in [4.69, 9.17) is 0 Å². The fourth-order valence-corrected chi connectivity index (χ4v) is 2.93. The number of nitrogens with zero attached hydrogens (tertiary/aromatic N) is 1. The predicted octanol–water partition coefficient (Wildman–Crippen LogP) is 3.59. The van der Waals surface area contributed by atoms with Crippen molar-refractivity contribution in [1.29, 1.82) is 0 Å². The molecule has 1 heterocycles. The lowest BCUT2D eigenvalue weighted by Crippen LogP contribution is -2.33. The molecule has 0 radical (unpaired) electrons. The number of phenols is 1. The molecule has 0 saturated heterocycles. The van der Waals surface area contributed by atoms with E-state index in [1.165, 1.54) is 11.3 Å². The molecule has 0 aromatic heterocycles. The SMILES string of the molecule is CC1Cc2ccccc2N(Cc2cccc(O)c2)C1. The quantitative estimate of drug-likeness (QED) is 0.884. The fourth-order valence-electron chi connectivity index (χ4n) is 2.93. The maximum Gasteiger partial charge on any atom is 0.115 e. The first-order valence-corrected chi connectivity index (χ1v) is 6.83. The molecule has 0 aliphatic carbocycles. The third-order valence-electron chi connectivity index (χ3n) is 3.72. The van der Waals surface area contributed by atoms with Gasteiger partial charge in [-0.25, -0.2) is 0 Å². The van der Waals surface area contributed by atoms with Crippen molar-refractivity contribution in [3.8, 4) is 5.75 Å². The van der Waals surface area contributed by atoms with Crippen molar-refractivity contribution < 1.29 is 5.11 Å². The van der Waals surface area contributed by atoms with Crippen LogP contribution in [-0.2, 0) is 13.0 Å². The first kappa shape index (κ1) is 12.1. The number of aromatic hydroxyl groups is 1. The number of hydrogen-bond acceptors (Lipinski definition) is 2. The maximum atomic E-state index is 9.57. The van der Waals surface area contributed by atoms with E-state index in [9.17, 15) is 5.11 Å². The summed E-state index contributed by atoms with van der Waals surface area (Å²) in [5.74, 6) is 1.02. The summed E-state index contributed by atoms with van der Waals surface area (Å²) in [6.45, 7) is 4.23. The van der Waals surface area contributed by atoms with Crippen LogP contribution in [0.15, 0.2) is 48.5 Å². The molecule has 0 spiro atoms. The van der Waals surface area contributed by atoms with Crippen molar-refractivity contribution >= 4 is 5.69 Å². The third-order valence-corrected chi connectivity index (χ3v) is 3.72. The highest BCUT2D eigenvalue weighted by Crippen LogP contribution is 2.30. The van der Waals surface area contributed by atoms with Gasteiger partial charge < -0.3 is 10.0 Å². The van der Waals surface area contributed by atoms with Crippen LogP contribution < -0.4 is 4.90 Å². The number of hydrogen-bond donors (Lipinski definition) is 1. The molecule has 19 heavy (non-hydrogen) atoms. The maximum absolute atomic E-state index is 9.57. The molecular weight excluding hydrogens is 234 g/mol. The largest absolute Gasteiger partial charge is 0.508 e. The van der Waals surface area contributed by atoms with E-state index in [1.807, 2.05) is 12.1 Å². The highest BCUT2D eigenvalue weighted by molar-refractivity contribution is 5.56. The van der Waals surface area contributed by atoms with E-state index in [-0.39, 0.29) is 0 Å². The van der Waals surface area contributed by atoms with E-state index < -0.39 is 0 Å². The zero-order valence-electron chi connectivity index (χ0n) is 11.2.